The highest BCUT2D eigenvalue weighted by Crippen LogP contribution is 2.16. The molecule has 0 fully saturated rings. The van der Waals surface area contributed by atoms with E-state index in [0.29, 0.717) is 11.7 Å². The summed E-state index contributed by atoms with van der Waals surface area (Å²) in [6.07, 6.45) is 1.75. The van der Waals surface area contributed by atoms with E-state index in [4.69, 9.17) is 10.9 Å². The molecule has 0 saturated heterocycles. The minimum atomic E-state index is 0.0240. The van der Waals surface area contributed by atoms with Crippen LogP contribution >= 0.6 is 0 Å². The normalized spacial score (nSPS) is 13.6. The van der Waals surface area contributed by atoms with Crippen molar-refractivity contribution in [1.29, 1.82) is 0 Å². The van der Waals surface area contributed by atoms with Gasteiger partial charge in [0.05, 0.1) is 11.9 Å². The summed E-state index contributed by atoms with van der Waals surface area (Å²) < 4.78 is 0. The van der Waals surface area contributed by atoms with E-state index in [1.807, 2.05) is 6.07 Å². The fraction of sp³-hybridized carbons (Fsp3) is 0.538. The van der Waals surface area contributed by atoms with Gasteiger partial charge in [0, 0.05) is 19.1 Å². The Labute approximate surface area is 114 Å². The SMILES string of the molecule is CCN(c1ccc(/C(N)=N/O)nc1)C(C)CN(C)C. The summed E-state index contributed by atoms with van der Waals surface area (Å²) in [6.45, 7) is 6.17. The lowest BCUT2D eigenvalue weighted by Crippen LogP contribution is -2.40. The van der Waals surface area contributed by atoms with Gasteiger partial charge in [-0.25, -0.2) is 0 Å². The molecule has 1 unspecified atom stereocenters. The van der Waals surface area contributed by atoms with Gasteiger partial charge in [-0.05, 0) is 40.1 Å². The van der Waals surface area contributed by atoms with Crippen molar-refractivity contribution in [3.05, 3.63) is 24.0 Å². The lowest BCUT2D eigenvalue weighted by molar-refractivity contribution is 0.318. The van der Waals surface area contributed by atoms with Gasteiger partial charge in [0.2, 0.25) is 0 Å². The van der Waals surface area contributed by atoms with Gasteiger partial charge in [-0.15, -0.1) is 0 Å². The minimum absolute atomic E-state index is 0.0240. The summed E-state index contributed by atoms with van der Waals surface area (Å²) in [5, 5.41) is 11.5. The van der Waals surface area contributed by atoms with Crippen LogP contribution in [0.15, 0.2) is 23.5 Å². The number of pyridine rings is 1. The molecule has 19 heavy (non-hydrogen) atoms. The first kappa shape index (κ1) is 15.2. The first-order chi connectivity index (χ1) is 8.99. The number of anilines is 1. The molecule has 0 radical (unpaired) electrons. The molecule has 6 heteroatoms. The van der Waals surface area contributed by atoms with E-state index < -0.39 is 0 Å². The maximum Gasteiger partial charge on any atom is 0.188 e. The zero-order valence-corrected chi connectivity index (χ0v) is 12.0. The molecule has 0 saturated carbocycles. The lowest BCUT2D eigenvalue weighted by Gasteiger charge is -2.31. The molecular formula is C13H23N5O. The van der Waals surface area contributed by atoms with Crippen LogP contribution in [0.1, 0.15) is 19.5 Å². The van der Waals surface area contributed by atoms with Gasteiger partial charge >= 0.3 is 0 Å². The Hall–Kier alpha value is -1.82. The Morgan fingerprint density at radius 3 is 2.58 bits per heavy atom. The van der Waals surface area contributed by atoms with E-state index in [1.54, 1.807) is 12.3 Å². The second-order valence-electron chi connectivity index (χ2n) is 4.78. The third kappa shape index (κ3) is 4.10. The molecule has 1 aromatic heterocycles. The van der Waals surface area contributed by atoms with Crippen LogP contribution in [0.25, 0.3) is 0 Å². The van der Waals surface area contributed by atoms with E-state index >= 15 is 0 Å². The molecule has 1 heterocycles. The van der Waals surface area contributed by atoms with E-state index in [-0.39, 0.29) is 5.84 Å². The van der Waals surface area contributed by atoms with Crippen LogP contribution < -0.4 is 10.6 Å². The summed E-state index contributed by atoms with van der Waals surface area (Å²) in [6, 6.07) is 4.09. The van der Waals surface area contributed by atoms with Gasteiger partial charge < -0.3 is 20.7 Å². The Kier molecular flexibility index (Phi) is 5.57. The van der Waals surface area contributed by atoms with Crippen molar-refractivity contribution in [2.24, 2.45) is 10.9 Å². The topological polar surface area (TPSA) is 78.0 Å². The van der Waals surface area contributed by atoms with E-state index in [2.05, 4.69) is 47.9 Å². The molecule has 0 bridgehead atoms. The molecule has 0 aromatic carbocycles. The fourth-order valence-corrected chi connectivity index (χ4v) is 2.13. The summed E-state index contributed by atoms with van der Waals surface area (Å²) in [7, 11) is 4.12. The molecule has 0 aliphatic carbocycles. The second-order valence-corrected chi connectivity index (χ2v) is 4.78. The predicted molar refractivity (Wildman–Crippen MR) is 77.8 cm³/mol. The first-order valence-corrected chi connectivity index (χ1v) is 6.34. The van der Waals surface area contributed by atoms with Crippen molar-refractivity contribution in [3.8, 4) is 0 Å². The number of hydrogen-bond donors (Lipinski definition) is 2. The number of oxime groups is 1. The number of rotatable bonds is 6. The highest BCUT2D eigenvalue weighted by molar-refractivity contribution is 5.95. The summed E-state index contributed by atoms with van der Waals surface area (Å²) in [5.41, 5.74) is 7.00. The largest absolute Gasteiger partial charge is 0.409 e. The van der Waals surface area contributed by atoms with Crippen LogP contribution in [0.3, 0.4) is 0 Å². The summed E-state index contributed by atoms with van der Waals surface area (Å²) in [5.74, 6) is 0.0240. The number of amidine groups is 1. The number of hydrogen-bond acceptors (Lipinski definition) is 5. The Morgan fingerprint density at radius 1 is 1.47 bits per heavy atom. The minimum Gasteiger partial charge on any atom is -0.409 e. The van der Waals surface area contributed by atoms with Crippen molar-refractivity contribution < 1.29 is 5.21 Å². The molecule has 0 aliphatic heterocycles. The maximum absolute atomic E-state index is 8.61. The van der Waals surface area contributed by atoms with Crippen LogP contribution in [-0.4, -0.2) is 54.2 Å². The Morgan fingerprint density at radius 2 is 2.16 bits per heavy atom. The van der Waals surface area contributed by atoms with Gasteiger partial charge in [0.15, 0.2) is 5.84 Å². The molecule has 6 nitrogen and oxygen atoms in total. The van der Waals surface area contributed by atoms with E-state index in [9.17, 15) is 0 Å². The number of aromatic nitrogens is 1. The number of nitrogens with zero attached hydrogens (tertiary/aromatic N) is 4. The average Bonchev–Trinajstić information content (AvgIpc) is 2.38. The van der Waals surface area contributed by atoms with E-state index in [1.165, 1.54) is 0 Å². The molecule has 0 amide bonds. The third-order valence-electron chi connectivity index (χ3n) is 2.95. The standard InChI is InChI=1S/C13H23N5O/c1-5-18(10(2)9-17(3)4)11-6-7-12(15-8-11)13(14)16-19/h6-8,10,19H,5,9H2,1-4H3,(H2,14,16). The average molecular weight is 265 g/mol. The predicted octanol–water partition coefficient (Wildman–Crippen LogP) is 0.952. The smallest absolute Gasteiger partial charge is 0.188 e. The second kappa shape index (κ2) is 6.94. The van der Waals surface area contributed by atoms with Crippen LogP contribution in [-0.2, 0) is 0 Å². The third-order valence-corrected chi connectivity index (χ3v) is 2.95. The molecule has 0 aliphatic rings. The molecular weight excluding hydrogens is 242 g/mol. The summed E-state index contributed by atoms with van der Waals surface area (Å²) >= 11 is 0. The van der Waals surface area contributed by atoms with Crippen molar-refractivity contribution in [2.75, 3.05) is 32.1 Å². The molecule has 1 aromatic rings. The molecule has 1 rings (SSSR count). The fourth-order valence-electron chi connectivity index (χ4n) is 2.13. The van der Waals surface area contributed by atoms with Crippen molar-refractivity contribution in [1.82, 2.24) is 9.88 Å². The first-order valence-electron chi connectivity index (χ1n) is 6.34. The molecule has 1 atom stereocenters. The summed E-state index contributed by atoms with van der Waals surface area (Å²) in [4.78, 5) is 8.63. The highest BCUT2D eigenvalue weighted by Gasteiger charge is 2.14. The van der Waals surface area contributed by atoms with Crippen molar-refractivity contribution in [2.45, 2.75) is 19.9 Å². The quantitative estimate of drug-likeness (QED) is 0.346. The van der Waals surface area contributed by atoms with Gasteiger partial charge in [-0.3, -0.25) is 4.98 Å². The zero-order chi connectivity index (χ0) is 14.4. The van der Waals surface area contributed by atoms with Crippen LogP contribution in [0.5, 0.6) is 0 Å². The van der Waals surface area contributed by atoms with Crippen LogP contribution in [0.4, 0.5) is 5.69 Å². The molecule has 106 valence electrons. The zero-order valence-electron chi connectivity index (χ0n) is 12.0. The Bertz CT molecular complexity index is 416. The van der Waals surface area contributed by atoms with Gasteiger partial charge in [0.1, 0.15) is 5.69 Å². The van der Waals surface area contributed by atoms with Crippen molar-refractivity contribution >= 4 is 11.5 Å². The van der Waals surface area contributed by atoms with Crippen molar-refractivity contribution in [3.63, 3.8) is 0 Å². The van der Waals surface area contributed by atoms with Gasteiger partial charge in [0.25, 0.3) is 0 Å². The Balaban J connectivity index is 2.88. The number of nitrogens with two attached hydrogens (primary N) is 1. The molecule has 0 spiro atoms. The van der Waals surface area contributed by atoms with Gasteiger partial charge in [-0.2, -0.15) is 0 Å². The molecule has 3 N–H and O–H groups in total. The lowest BCUT2D eigenvalue weighted by atomic mass is 10.2. The van der Waals surface area contributed by atoms with Gasteiger partial charge in [-0.1, -0.05) is 5.16 Å². The monoisotopic (exact) mass is 265 g/mol. The van der Waals surface area contributed by atoms with Crippen LogP contribution in [0.2, 0.25) is 0 Å². The van der Waals surface area contributed by atoms with Crippen LogP contribution in [0, 0.1) is 0 Å². The number of likely N-dealkylation sites (N-methyl/N-ethyl adjacent to an activating group) is 2. The highest BCUT2D eigenvalue weighted by atomic mass is 16.4. The maximum atomic E-state index is 8.61. The van der Waals surface area contributed by atoms with E-state index in [0.717, 1.165) is 18.8 Å².